The Kier molecular flexibility index (Phi) is 7.52. The zero-order chi connectivity index (χ0) is 24.8. The molecule has 7 nitrogen and oxygen atoms in total. The molecule has 0 spiro atoms. The summed E-state index contributed by atoms with van der Waals surface area (Å²) in [5.74, 6) is -0.606. The Morgan fingerprint density at radius 1 is 1.06 bits per heavy atom. The number of benzene rings is 2. The van der Waals surface area contributed by atoms with Crippen LogP contribution in [0.1, 0.15) is 33.2 Å². The van der Waals surface area contributed by atoms with Crippen LogP contribution in [0.5, 0.6) is 0 Å². The SMILES string of the molecule is Cc1ccccc1NC(=O)Cc1nc(COC(=O)C=Cc2c(C)nn(-c3ccccc3)c2C)cs1. The Hall–Kier alpha value is -4.04. The number of carbonyl (C=O) groups is 2. The van der Waals surface area contributed by atoms with E-state index in [1.807, 2.05) is 80.1 Å². The molecule has 1 amide bonds. The maximum Gasteiger partial charge on any atom is 0.331 e. The number of esters is 1. The fourth-order valence-corrected chi connectivity index (χ4v) is 4.38. The van der Waals surface area contributed by atoms with E-state index in [1.54, 1.807) is 11.5 Å². The van der Waals surface area contributed by atoms with Crippen molar-refractivity contribution in [2.24, 2.45) is 0 Å². The first kappa shape index (κ1) is 24.1. The van der Waals surface area contributed by atoms with E-state index < -0.39 is 5.97 Å². The van der Waals surface area contributed by atoms with Gasteiger partial charge in [0.1, 0.15) is 11.6 Å². The smallest absolute Gasteiger partial charge is 0.331 e. The second-order valence-corrected chi connectivity index (χ2v) is 8.99. The molecule has 0 fully saturated rings. The van der Waals surface area contributed by atoms with Gasteiger partial charge in [-0.25, -0.2) is 14.5 Å². The van der Waals surface area contributed by atoms with Gasteiger partial charge in [0.25, 0.3) is 0 Å². The summed E-state index contributed by atoms with van der Waals surface area (Å²) in [4.78, 5) is 29.0. The fraction of sp³-hybridized carbons (Fsp3) is 0.185. The van der Waals surface area contributed by atoms with Gasteiger partial charge in [0, 0.05) is 28.4 Å². The molecule has 2 aromatic heterocycles. The van der Waals surface area contributed by atoms with Gasteiger partial charge in [-0.05, 0) is 50.6 Å². The molecule has 0 saturated heterocycles. The summed E-state index contributed by atoms with van der Waals surface area (Å²) < 4.78 is 7.19. The molecule has 0 aliphatic carbocycles. The van der Waals surface area contributed by atoms with Crippen LogP contribution >= 0.6 is 11.3 Å². The molecule has 0 radical (unpaired) electrons. The minimum atomic E-state index is -0.469. The van der Waals surface area contributed by atoms with Crippen LogP contribution < -0.4 is 5.32 Å². The van der Waals surface area contributed by atoms with Gasteiger partial charge in [-0.1, -0.05) is 36.4 Å². The van der Waals surface area contributed by atoms with Crippen LogP contribution in [0, 0.1) is 20.8 Å². The third-order valence-electron chi connectivity index (χ3n) is 5.43. The normalized spacial score (nSPS) is 11.1. The Bertz CT molecular complexity index is 1370. The summed E-state index contributed by atoms with van der Waals surface area (Å²) in [7, 11) is 0. The number of amides is 1. The highest BCUT2D eigenvalue weighted by Gasteiger charge is 2.12. The third-order valence-corrected chi connectivity index (χ3v) is 6.32. The number of thiazole rings is 1. The average molecular weight is 487 g/mol. The molecular weight excluding hydrogens is 460 g/mol. The van der Waals surface area contributed by atoms with Gasteiger partial charge in [0.15, 0.2) is 0 Å². The van der Waals surface area contributed by atoms with Crippen molar-refractivity contribution >= 4 is 35.0 Å². The van der Waals surface area contributed by atoms with E-state index in [1.165, 1.54) is 17.4 Å². The third kappa shape index (κ3) is 6.10. The second-order valence-electron chi connectivity index (χ2n) is 8.05. The second kappa shape index (κ2) is 10.9. The van der Waals surface area contributed by atoms with Crippen molar-refractivity contribution in [3.8, 4) is 5.69 Å². The Morgan fingerprint density at radius 3 is 2.57 bits per heavy atom. The molecular formula is C27H26N4O3S. The summed E-state index contributed by atoms with van der Waals surface area (Å²) >= 11 is 1.37. The van der Waals surface area contributed by atoms with Crippen molar-refractivity contribution in [1.82, 2.24) is 14.8 Å². The highest BCUT2D eigenvalue weighted by Crippen LogP contribution is 2.19. The lowest BCUT2D eigenvalue weighted by molar-refractivity contribution is -0.139. The van der Waals surface area contributed by atoms with Crippen molar-refractivity contribution in [3.05, 3.63) is 99.3 Å². The first-order valence-electron chi connectivity index (χ1n) is 11.2. The number of ether oxygens (including phenoxy) is 1. The van der Waals surface area contributed by atoms with Gasteiger partial charge in [0.2, 0.25) is 5.91 Å². The minimum Gasteiger partial charge on any atom is -0.456 e. The molecule has 2 heterocycles. The lowest BCUT2D eigenvalue weighted by atomic mass is 10.2. The van der Waals surface area contributed by atoms with Gasteiger partial charge in [0.05, 0.1) is 23.5 Å². The number of hydrogen-bond donors (Lipinski definition) is 1. The van der Waals surface area contributed by atoms with E-state index in [9.17, 15) is 9.59 Å². The number of aromatic nitrogens is 3. The fourth-order valence-electron chi connectivity index (χ4n) is 3.60. The maximum absolute atomic E-state index is 12.3. The number of anilines is 1. The van der Waals surface area contributed by atoms with Gasteiger partial charge >= 0.3 is 5.97 Å². The number of hydrogen-bond acceptors (Lipinski definition) is 6. The number of nitrogens with one attached hydrogen (secondary N) is 1. The molecule has 4 rings (SSSR count). The van der Waals surface area contributed by atoms with Crippen LogP contribution in [0.15, 0.2) is 66.1 Å². The molecule has 0 unspecified atom stereocenters. The van der Waals surface area contributed by atoms with Crippen LogP contribution in [-0.4, -0.2) is 26.6 Å². The Labute approximate surface area is 208 Å². The molecule has 4 aromatic rings. The molecule has 178 valence electrons. The average Bonchev–Trinajstić information content (AvgIpc) is 3.41. The number of nitrogens with zero attached hydrogens (tertiary/aromatic N) is 3. The molecule has 8 heteroatoms. The predicted octanol–water partition coefficient (Wildman–Crippen LogP) is 5.19. The van der Waals surface area contributed by atoms with Crippen molar-refractivity contribution < 1.29 is 14.3 Å². The van der Waals surface area contributed by atoms with E-state index >= 15 is 0 Å². The number of rotatable bonds is 8. The van der Waals surface area contributed by atoms with Crippen molar-refractivity contribution in [2.45, 2.75) is 33.8 Å². The van der Waals surface area contributed by atoms with Crippen LogP contribution in [0.3, 0.4) is 0 Å². The first-order valence-corrected chi connectivity index (χ1v) is 12.0. The lowest BCUT2D eigenvalue weighted by Gasteiger charge is -2.06. The van der Waals surface area contributed by atoms with E-state index in [4.69, 9.17) is 4.74 Å². The van der Waals surface area contributed by atoms with E-state index in [2.05, 4.69) is 15.4 Å². The van der Waals surface area contributed by atoms with Gasteiger partial charge in [-0.2, -0.15) is 5.10 Å². The van der Waals surface area contributed by atoms with Crippen LogP contribution in [0.2, 0.25) is 0 Å². The summed E-state index contributed by atoms with van der Waals surface area (Å²) in [6, 6.07) is 17.4. The van der Waals surface area contributed by atoms with E-state index in [0.29, 0.717) is 10.7 Å². The summed E-state index contributed by atoms with van der Waals surface area (Å²) in [6.45, 7) is 5.85. The monoisotopic (exact) mass is 486 g/mol. The summed E-state index contributed by atoms with van der Waals surface area (Å²) in [6.07, 6.45) is 3.29. The lowest BCUT2D eigenvalue weighted by Crippen LogP contribution is -2.15. The molecule has 1 N–H and O–H groups in total. The molecule has 0 atom stereocenters. The predicted molar refractivity (Wildman–Crippen MR) is 137 cm³/mol. The molecule has 0 aliphatic rings. The van der Waals surface area contributed by atoms with Gasteiger partial charge < -0.3 is 10.1 Å². The summed E-state index contributed by atoms with van der Waals surface area (Å²) in [5, 5.41) is 9.94. The molecule has 0 bridgehead atoms. The van der Waals surface area contributed by atoms with Crippen LogP contribution in [0.25, 0.3) is 11.8 Å². The highest BCUT2D eigenvalue weighted by molar-refractivity contribution is 7.09. The van der Waals surface area contributed by atoms with E-state index in [-0.39, 0.29) is 18.9 Å². The zero-order valence-corrected chi connectivity index (χ0v) is 20.6. The van der Waals surface area contributed by atoms with Crippen molar-refractivity contribution in [2.75, 3.05) is 5.32 Å². The zero-order valence-electron chi connectivity index (χ0n) is 19.8. The first-order chi connectivity index (χ1) is 16.9. The summed E-state index contributed by atoms with van der Waals surface area (Å²) in [5.41, 5.74) is 5.99. The van der Waals surface area contributed by atoms with Crippen molar-refractivity contribution in [3.63, 3.8) is 0 Å². The topological polar surface area (TPSA) is 86.1 Å². The quantitative estimate of drug-likeness (QED) is 0.274. The number of para-hydroxylation sites is 2. The maximum atomic E-state index is 12.3. The van der Waals surface area contributed by atoms with Gasteiger partial charge in [-0.15, -0.1) is 11.3 Å². The van der Waals surface area contributed by atoms with Crippen LogP contribution in [-0.2, 0) is 27.4 Å². The standard InChI is InChI=1S/C27H26N4O3S/c1-18-9-7-8-12-24(18)29-25(32)15-26-28-21(17-35-26)16-34-27(33)14-13-23-19(2)30-31(20(23)3)22-10-5-4-6-11-22/h4-14,17H,15-16H2,1-3H3,(H,29,32). The number of aryl methyl sites for hydroxylation is 2. The number of carbonyl (C=O) groups excluding carboxylic acids is 2. The van der Waals surface area contributed by atoms with Crippen LogP contribution in [0.4, 0.5) is 5.69 Å². The largest absolute Gasteiger partial charge is 0.456 e. The molecule has 0 saturated carbocycles. The Balaban J connectivity index is 1.31. The Morgan fingerprint density at radius 2 is 1.80 bits per heavy atom. The minimum absolute atomic E-state index is 0.0420. The van der Waals surface area contributed by atoms with E-state index in [0.717, 1.165) is 33.9 Å². The molecule has 0 aliphatic heterocycles. The molecule has 2 aromatic carbocycles. The van der Waals surface area contributed by atoms with Crippen molar-refractivity contribution in [1.29, 1.82) is 0 Å². The molecule has 35 heavy (non-hydrogen) atoms. The highest BCUT2D eigenvalue weighted by atomic mass is 32.1. The van der Waals surface area contributed by atoms with Gasteiger partial charge in [-0.3, -0.25) is 4.79 Å².